The molecule has 174 valence electrons. The van der Waals surface area contributed by atoms with Gasteiger partial charge in [0.05, 0.1) is 6.10 Å². The van der Waals surface area contributed by atoms with Crippen LogP contribution >= 0.6 is 11.8 Å². The Hall–Kier alpha value is -2.49. The number of nitrogens with zero attached hydrogens (tertiary/aromatic N) is 6. The van der Waals surface area contributed by atoms with Gasteiger partial charge in [-0.25, -0.2) is 9.50 Å². The Morgan fingerprint density at radius 3 is 2.76 bits per heavy atom. The fourth-order valence-electron chi connectivity index (χ4n) is 4.59. The van der Waals surface area contributed by atoms with Gasteiger partial charge in [-0.15, -0.1) is 5.10 Å². The number of hydrogen-bond donors (Lipinski definition) is 0. The number of hydrogen-bond acceptors (Lipinski definition) is 7. The molecule has 0 saturated carbocycles. The highest BCUT2D eigenvalue weighted by Gasteiger charge is 2.26. The monoisotopic (exact) mass is 466 g/mol. The van der Waals surface area contributed by atoms with Crippen LogP contribution in [0.25, 0.3) is 5.78 Å². The van der Waals surface area contributed by atoms with Gasteiger partial charge < -0.3 is 9.64 Å². The largest absolute Gasteiger partial charge is 0.377 e. The average molecular weight is 467 g/mol. The molecule has 1 aromatic carbocycles. The van der Waals surface area contributed by atoms with Gasteiger partial charge >= 0.3 is 0 Å². The van der Waals surface area contributed by atoms with E-state index in [1.807, 2.05) is 49.1 Å². The molecule has 8 nitrogen and oxygen atoms in total. The number of rotatable bonds is 6. The van der Waals surface area contributed by atoms with Crippen molar-refractivity contribution in [1.29, 1.82) is 0 Å². The van der Waals surface area contributed by atoms with Gasteiger partial charge in [-0.05, 0) is 44.4 Å². The van der Waals surface area contributed by atoms with Gasteiger partial charge in [-0.1, -0.05) is 30.0 Å². The van der Waals surface area contributed by atoms with Crippen LogP contribution in [0.3, 0.4) is 0 Å². The number of fused-ring (bicyclic) bond motifs is 1. The molecule has 3 aromatic rings. The van der Waals surface area contributed by atoms with Gasteiger partial charge in [0.25, 0.3) is 11.7 Å². The number of aryl methyl sites for hydroxylation is 2. The van der Waals surface area contributed by atoms with Crippen molar-refractivity contribution in [3.05, 3.63) is 52.8 Å². The van der Waals surface area contributed by atoms with Crippen molar-refractivity contribution in [2.24, 2.45) is 0 Å². The molecule has 0 spiro atoms. The molecule has 4 heterocycles. The third-order valence-corrected chi connectivity index (χ3v) is 7.24. The second kappa shape index (κ2) is 9.79. The van der Waals surface area contributed by atoms with Crippen molar-refractivity contribution in [3.8, 4) is 0 Å². The number of amides is 1. The fourth-order valence-corrected chi connectivity index (χ4v) is 5.41. The van der Waals surface area contributed by atoms with Crippen LogP contribution in [0.15, 0.2) is 35.5 Å². The number of ether oxygens (including phenoxy) is 1. The molecule has 2 fully saturated rings. The van der Waals surface area contributed by atoms with Gasteiger partial charge in [-0.3, -0.25) is 9.69 Å². The minimum absolute atomic E-state index is 0.110. The number of carbonyl (C=O) groups excluding carboxylic acids is 1. The molecule has 2 aliphatic heterocycles. The highest BCUT2D eigenvalue weighted by molar-refractivity contribution is 7.98. The van der Waals surface area contributed by atoms with E-state index in [0.717, 1.165) is 74.7 Å². The van der Waals surface area contributed by atoms with Crippen LogP contribution in [0.5, 0.6) is 0 Å². The maximum absolute atomic E-state index is 13.3. The van der Waals surface area contributed by atoms with Crippen molar-refractivity contribution >= 4 is 23.4 Å². The summed E-state index contributed by atoms with van der Waals surface area (Å²) in [6.45, 7) is 9.14. The average Bonchev–Trinajstić information content (AvgIpc) is 3.48. The van der Waals surface area contributed by atoms with E-state index in [9.17, 15) is 4.79 Å². The minimum atomic E-state index is 0.110. The number of piperazine rings is 1. The minimum Gasteiger partial charge on any atom is -0.377 e. The summed E-state index contributed by atoms with van der Waals surface area (Å²) in [5, 5.41) is 5.25. The van der Waals surface area contributed by atoms with Crippen LogP contribution in [0.4, 0.5) is 0 Å². The second-order valence-electron chi connectivity index (χ2n) is 8.82. The molecule has 33 heavy (non-hydrogen) atoms. The molecular formula is C24H30N6O2S. The van der Waals surface area contributed by atoms with E-state index in [1.165, 1.54) is 11.8 Å². The maximum atomic E-state index is 13.3. The highest BCUT2D eigenvalue weighted by Crippen LogP contribution is 2.24. The predicted octanol–water partition coefficient (Wildman–Crippen LogP) is 2.97. The van der Waals surface area contributed by atoms with E-state index in [1.54, 1.807) is 4.52 Å². The summed E-state index contributed by atoms with van der Waals surface area (Å²) >= 11 is 1.53. The number of benzene rings is 1. The fraction of sp³-hybridized carbons (Fsp3) is 0.500. The Morgan fingerprint density at radius 1 is 1.15 bits per heavy atom. The predicted molar refractivity (Wildman–Crippen MR) is 128 cm³/mol. The Labute approximate surface area is 198 Å². The summed E-state index contributed by atoms with van der Waals surface area (Å²) in [4.78, 5) is 26.8. The first-order valence-electron chi connectivity index (χ1n) is 11.6. The quantitative estimate of drug-likeness (QED) is 0.517. The standard InChI is InChI=1S/C24H30N6O2S/c1-17-14-18(2)30-23(25-17)26-24(27-30)33-16-19-6-3-4-8-21(19)22(31)29-11-9-28(10-12-29)15-20-7-5-13-32-20/h3-4,6,8,14,20H,5,7,9-13,15-16H2,1-2H3/t20-/m1/s1. The summed E-state index contributed by atoms with van der Waals surface area (Å²) in [5.41, 5.74) is 3.71. The third kappa shape index (κ3) is 5.05. The molecule has 9 heteroatoms. The number of aromatic nitrogens is 4. The summed E-state index contributed by atoms with van der Waals surface area (Å²) in [7, 11) is 0. The first-order valence-corrected chi connectivity index (χ1v) is 12.6. The van der Waals surface area contributed by atoms with Crippen LogP contribution in [0.2, 0.25) is 0 Å². The zero-order valence-corrected chi connectivity index (χ0v) is 20.1. The zero-order chi connectivity index (χ0) is 22.8. The van der Waals surface area contributed by atoms with Crippen LogP contribution in [-0.4, -0.2) is 80.7 Å². The first-order chi connectivity index (χ1) is 16.1. The van der Waals surface area contributed by atoms with E-state index < -0.39 is 0 Å². The molecule has 0 radical (unpaired) electrons. The highest BCUT2D eigenvalue weighted by atomic mass is 32.2. The lowest BCUT2D eigenvalue weighted by molar-refractivity contribution is 0.0432. The van der Waals surface area contributed by atoms with Crippen molar-refractivity contribution in [2.75, 3.05) is 39.3 Å². The molecule has 1 atom stereocenters. The van der Waals surface area contributed by atoms with E-state index in [-0.39, 0.29) is 5.91 Å². The smallest absolute Gasteiger partial charge is 0.254 e. The van der Waals surface area contributed by atoms with Crippen molar-refractivity contribution in [2.45, 2.75) is 43.7 Å². The molecule has 2 aliphatic rings. The van der Waals surface area contributed by atoms with Crippen molar-refractivity contribution in [1.82, 2.24) is 29.4 Å². The van der Waals surface area contributed by atoms with E-state index in [2.05, 4.69) is 20.0 Å². The lowest BCUT2D eigenvalue weighted by Gasteiger charge is -2.36. The molecular weight excluding hydrogens is 436 g/mol. The SMILES string of the molecule is Cc1cc(C)n2nc(SCc3ccccc3C(=O)N3CCN(C[C@H]4CCCO4)CC3)nc2n1. The lowest BCUT2D eigenvalue weighted by Crippen LogP contribution is -2.50. The topological polar surface area (TPSA) is 75.9 Å². The van der Waals surface area contributed by atoms with Crippen molar-refractivity contribution < 1.29 is 9.53 Å². The van der Waals surface area contributed by atoms with E-state index in [0.29, 0.717) is 22.8 Å². The van der Waals surface area contributed by atoms with Crippen LogP contribution in [0.1, 0.15) is 40.2 Å². The Morgan fingerprint density at radius 2 is 1.97 bits per heavy atom. The van der Waals surface area contributed by atoms with Gasteiger partial charge in [0.2, 0.25) is 5.16 Å². The first kappa shape index (κ1) is 22.3. The zero-order valence-electron chi connectivity index (χ0n) is 19.2. The molecule has 2 aromatic heterocycles. The van der Waals surface area contributed by atoms with Crippen molar-refractivity contribution in [3.63, 3.8) is 0 Å². The Bertz CT molecular complexity index is 1140. The molecule has 0 unspecified atom stereocenters. The normalized spacial score (nSPS) is 19.5. The summed E-state index contributed by atoms with van der Waals surface area (Å²) in [6, 6.07) is 9.87. The van der Waals surface area contributed by atoms with Crippen LogP contribution in [0, 0.1) is 13.8 Å². The lowest BCUT2D eigenvalue weighted by atomic mass is 10.1. The Kier molecular flexibility index (Phi) is 6.62. The molecule has 5 rings (SSSR count). The molecule has 0 N–H and O–H groups in total. The molecule has 2 saturated heterocycles. The van der Waals surface area contributed by atoms with Gasteiger partial charge in [0, 0.05) is 62.0 Å². The van der Waals surface area contributed by atoms with Gasteiger partial charge in [-0.2, -0.15) is 4.98 Å². The summed E-state index contributed by atoms with van der Waals surface area (Å²) in [5.74, 6) is 1.36. The molecule has 1 amide bonds. The molecule has 0 aliphatic carbocycles. The Balaban J connectivity index is 1.22. The van der Waals surface area contributed by atoms with E-state index >= 15 is 0 Å². The van der Waals surface area contributed by atoms with Gasteiger partial charge in [0.1, 0.15) is 0 Å². The van der Waals surface area contributed by atoms with Gasteiger partial charge in [0.15, 0.2) is 0 Å². The number of thioether (sulfide) groups is 1. The summed E-state index contributed by atoms with van der Waals surface area (Å²) in [6.07, 6.45) is 2.68. The third-order valence-electron chi connectivity index (χ3n) is 6.35. The van der Waals surface area contributed by atoms with Crippen LogP contribution in [-0.2, 0) is 10.5 Å². The van der Waals surface area contributed by atoms with E-state index in [4.69, 9.17) is 4.74 Å². The molecule has 0 bridgehead atoms. The number of carbonyl (C=O) groups is 1. The van der Waals surface area contributed by atoms with Crippen LogP contribution < -0.4 is 0 Å². The summed E-state index contributed by atoms with van der Waals surface area (Å²) < 4.78 is 7.54. The second-order valence-corrected chi connectivity index (χ2v) is 9.76. The maximum Gasteiger partial charge on any atom is 0.254 e.